The summed E-state index contributed by atoms with van der Waals surface area (Å²) in [5.41, 5.74) is 11.3. The van der Waals surface area contributed by atoms with Gasteiger partial charge in [0.05, 0.1) is 6.20 Å². The summed E-state index contributed by atoms with van der Waals surface area (Å²) in [6.07, 6.45) is 1.40. The predicted octanol–water partition coefficient (Wildman–Crippen LogP) is 4.21. The molecule has 0 bridgehead atoms. The van der Waals surface area contributed by atoms with Gasteiger partial charge in [-0.25, -0.2) is 0 Å². The van der Waals surface area contributed by atoms with Crippen molar-refractivity contribution < 1.29 is 0 Å². The molecule has 0 aliphatic carbocycles. The van der Waals surface area contributed by atoms with Crippen molar-refractivity contribution in [3.8, 4) is 11.1 Å². The SMILES string of the molecule is CNCc1ccccc1-c1csc([C@@H](N)Nc2nncc3ccc(N(C)C)cc23)c1. The summed E-state index contributed by atoms with van der Waals surface area (Å²) in [5.74, 6) is 0.689. The van der Waals surface area contributed by atoms with Crippen LogP contribution in [0.2, 0.25) is 0 Å². The van der Waals surface area contributed by atoms with Gasteiger partial charge in [-0.3, -0.25) is 0 Å². The number of anilines is 2. The van der Waals surface area contributed by atoms with Crippen molar-refractivity contribution in [2.75, 3.05) is 31.4 Å². The quantitative estimate of drug-likeness (QED) is 0.390. The first-order chi connectivity index (χ1) is 14.6. The summed E-state index contributed by atoms with van der Waals surface area (Å²) in [6, 6.07) is 16.8. The fraction of sp³-hybridized carbons (Fsp3) is 0.217. The molecular weight excluding hydrogens is 392 g/mol. The molecule has 2 aromatic heterocycles. The smallest absolute Gasteiger partial charge is 0.158 e. The third kappa shape index (κ3) is 4.14. The zero-order valence-corrected chi connectivity index (χ0v) is 18.2. The maximum absolute atomic E-state index is 6.51. The van der Waals surface area contributed by atoms with E-state index in [9.17, 15) is 0 Å². The fourth-order valence-corrected chi connectivity index (χ4v) is 4.33. The van der Waals surface area contributed by atoms with Crippen LogP contribution in [0.3, 0.4) is 0 Å². The van der Waals surface area contributed by atoms with Gasteiger partial charge in [0.2, 0.25) is 0 Å². The van der Waals surface area contributed by atoms with Gasteiger partial charge >= 0.3 is 0 Å². The Bertz CT molecular complexity index is 1150. The summed E-state index contributed by atoms with van der Waals surface area (Å²) in [4.78, 5) is 3.12. The standard InChI is InChI=1S/C23H26N6S/c1-25-12-15-6-4-5-7-19(15)17-10-21(30-14-17)22(24)27-23-20-11-18(29(2)3)9-8-16(20)13-26-28-23/h4-11,13-14,22,25H,12,24H2,1-3H3,(H,27,28)/t22-/m0/s1. The second kappa shape index (κ2) is 8.79. The Labute approximate surface area is 180 Å². The number of benzene rings is 2. The first-order valence-electron chi connectivity index (χ1n) is 9.83. The van der Waals surface area contributed by atoms with E-state index in [4.69, 9.17) is 5.73 Å². The van der Waals surface area contributed by atoms with E-state index >= 15 is 0 Å². The van der Waals surface area contributed by atoms with E-state index in [1.165, 1.54) is 16.7 Å². The van der Waals surface area contributed by atoms with Crippen LogP contribution in [0.4, 0.5) is 11.5 Å². The molecular formula is C23H26N6S. The maximum atomic E-state index is 6.51. The molecule has 0 aliphatic heterocycles. The van der Waals surface area contributed by atoms with Crippen molar-refractivity contribution >= 4 is 33.6 Å². The van der Waals surface area contributed by atoms with Gasteiger partial charge in [0.25, 0.3) is 0 Å². The van der Waals surface area contributed by atoms with E-state index in [1.807, 2.05) is 21.1 Å². The summed E-state index contributed by atoms with van der Waals surface area (Å²) in [6.45, 7) is 0.825. The molecule has 0 saturated carbocycles. The van der Waals surface area contributed by atoms with Crippen LogP contribution in [-0.4, -0.2) is 31.3 Å². The molecule has 0 radical (unpaired) electrons. The van der Waals surface area contributed by atoms with Crippen molar-refractivity contribution in [2.45, 2.75) is 12.7 Å². The lowest BCUT2D eigenvalue weighted by Crippen LogP contribution is -2.20. The minimum atomic E-state index is -0.372. The van der Waals surface area contributed by atoms with Crippen LogP contribution >= 0.6 is 11.3 Å². The zero-order valence-electron chi connectivity index (χ0n) is 17.4. The Kier molecular flexibility index (Phi) is 5.94. The molecule has 1 atom stereocenters. The minimum absolute atomic E-state index is 0.372. The van der Waals surface area contributed by atoms with Gasteiger partial charge in [-0.1, -0.05) is 30.3 Å². The van der Waals surface area contributed by atoms with Crippen molar-refractivity contribution in [1.82, 2.24) is 15.5 Å². The number of fused-ring (bicyclic) bond motifs is 1. The van der Waals surface area contributed by atoms with E-state index in [1.54, 1.807) is 17.5 Å². The molecule has 0 fully saturated rings. The largest absolute Gasteiger partial charge is 0.378 e. The normalized spacial score (nSPS) is 12.1. The number of nitrogens with zero attached hydrogens (tertiary/aromatic N) is 3. The van der Waals surface area contributed by atoms with Crippen LogP contribution in [0.25, 0.3) is 21.9 Å². The number of rotatable bonds is 7. The van der Waals surface area contributed by atoms with Gasteiger partial charge < -0.3 is 21.3 Å². The van der Waals surface area contributed by atoms with Crippen molar-refractivity contribution in [3.05, 3.63) is 70.5 Å². The van der Waals surface area contributed by atoms with Gasteiger partial charge in [0.15, 0.2) is 5.82 Å². The van der Waals surface area contributed by atoms with Crippen molar-refractivity contribution in [1.29, 1.82) is 0 Å². The lowest BCUT2D eigenvalue weighted by molar-refractivity contribution is 0.819. The van der Waals surface area contributed by atoms with E-state index < -0.39 is 0 Å². The van der Waals surface area contributed by atoms with E-state index in [0.29, 0.717) is 5.82 Å². The minimum Gasteiger partial charge on any atom is -0.378 e. The summed E-state index contributed by atoms with van der Waals surface area (Å²) < 4.78 is 0. The third-order valence-corrected chi connectivity index (χ3v) is 6.09. The molecule has 154 valence electrons. The van der Waals surface area contributed by atoms with E-state index in [2.05, 4.69) is 79.6 Å². The molecule has 0 saturated heterocycles. The highest BCUT2D eigenvalue weighted by atomic mass is 32.1. The molecule has 4 aromatic rings. The molecule has 0 amide bonds. The number of aromatic nitrogens is 2. The van der Waals surface area contributed by atoms with Crippen LogP contribution in [0, 0.1) is 0 Å². The lowest BCUT2D eigenvalue weighted by atomic mass is 10.0. The van der Waals surface area contributed by atoms with Gasteiger partial charge in [-0.15, -0.1) is 16.4 Å². The van der Waals surface area contributed by atoms with Crippen LogP contribution in [-0.2, 0) is 6.54 Å². The highest BCUT2D eigenvalue weighted by Gasteiger charge is 2.14. The molecule has 2 heterocycles. The summed E-state index contributed by atoms with van der Waals surface area (Å²) >= 11 is 1.65. The molecule has 2 aromatic carbocycles. The molecule has 7 heteroatoms. The highest BCUT2D eigenvalue weighted by molar-refractivity contribution is 7.10. The van der Waals surface area contributed by atoms with Crippen molar-refractivity contribution in [3.63, 3.8) is 0 Å². The third-order valence-electron chi connectivity index (χ3n) is 5.08. The average molecular weight is 419 g/mol. The number of thiophene rings is 1. The lowest BCUT2D eigenvalue weighted by Gasteiger charge is -2.16. The predicted molar refractivity (Wildman–Crippen MR) is 127 cm³/mol. The Morgan fingerprint density at radius 1 is 1.13 bits per heavy atom. The Morgan fingerprint density at radius 2 is 1.97 bits per heavy atom. The summed E-state index contributed by atoms with van der Waals surface area (Å²) in [7, 11) is 6.00. The van der Waals surface area contributed by atoms with Gasteiger partial charge in [0, 0.05) is 42.0 Å². The molecule has 6 nitrogen and oxygen atoms in total. The number of hydrogen-bond donors (Lipinski definition) is 3. The van der Waals surface area contributed by atoms with Crippen LogP contribution in [0.15, 0.2) is 60.1 Å². The van der Waals surface area contributed by atoms with Crippen LogP contribution in [0.1, 0.15) is 16.6 Å². The monoisotopic (exact) mass is 418 g/mol. The molecule has 0 unspecified atom stereocenters. The second-order valence-corrected chi connectivity index (χ2v) is 8.35. The number of hydrogen-bond acceptors (Lipinski definition) is 7. The molecule has 4 rings (SSSR count). The first kappa shape index (κ1) is 20.3. The van der Waals surface area contributed by atoms with Gasteiger partial charge in [0.1, 0.15) is 6.17 Å². The van der Waals surface area contributed by atoms with Gasteiger partial charge in [-0.05, 0) is 47.3 Å². The van der Waals surface area contributed by atoms with E-state index in [-0.39, 0.29) is 6.17 Å². The van der Waals surface area contributed by atoms with Gasteiger partial charge in [-0.2, -0.15) is 5.10 Å². The summed E-state index contributed by atoms with van der Waals surface area (Å²) in [5, 5.41) is 19.2. The number of nitrogens with two attached hydrogens (primary N) is 1. The Hall–Kier alpha value is -3.00. The molecule has 0 spiro atoms. The second-order valence-electron chi connectivity index (χ2n) is 7.41. The Balaban J connectivity index is 1.61. The maximum Gasteiger partial charge on any atom is 0.158 e. The molecule has 30 heavy (non-hydrogen) atoms. The zero-order chi connectivity index (χ0) is 21.1. The van der Waals surface area contributed by atoms with E-state index in [0.717, 1.165) is 27.9 Å². The topological polar surface area (TPSA) is 79.1 Å². The number of nitrogens with one attached hydrogen (secondary N) is 2. The van der Waals surface area contributed by atoms with Crippen molar-refractivity contribution in [2.24, 2.45) is 5.73 Å². The highest BCUT2D eigenvalue weighted by Crippen LogP contribution is 2.32. The van der Waals surface area contributed by atoms with Crippen LogP contribution in [0.5, 0.6) is 0 Å². The molecule has 4 N–H and O–H groups in total. The Morgan fingerprint density at radius 3 is 2.77 bits per heavy atom. The molecule has 0 aliphatic rings. The van der Waals surface area contributed by atoms with Crippen LogP contribution < -0.4 is 21.3 Å². The fourth-order valence-electron chi connectivity index (χ4n) is 3.47. The average Bonchev–Trinajstić information content (AvgIpc) is 3.24. The first-order valence-corrected chi connectivity index (χ1v) is 10.7.